The summed E-state index contributed by atoms with van der Waals surface area (Å²) in [4.78, 5) is 46.6. The van der Waals surface area contributed by atoms with E-state index in [0.717, 1.165) is 44.9 Å². The molecule has 0 aromatic carbocycles. The molecule has 0 aromatic heterocycles. The standard InChI is InChI=1S/C30H44O3.C6H14O2.CH2O2/c1-18(32)19-7-11-28(4)12-9-22-21(23(28)15-19)16-24(33)26-29(22,5)14-10-25-27(2,3)20(17-31)8-13-30(25,26)6;1-5(2)8-6(3)7-4;2-1-3/h16-17,19-20,22-23,25-26H,7-15H2,1-6H3;5-6H,1-4H3;1H,(H,2,3). The van der Waals surface area contributed by atoms with Crippen molar-refractivity contribution in [2.24, 2.45) is 57.2 Å². The molecule has 0 amide bonds. The highest BCUT2D eigenvalue weighted by atomic mass is 16.7. The summed E-state index contributed by atoms with van der Waals surface area (Å²) in [6.45, 7) is 19.1. The van der Waals surface area contributed by atoms with Crippen molar-refractivity contribution in [3.63, 3.8) is 0 Å². The van der Waals surface area contributed by atoms with Gasteiger partial charge in [-0.3, -0.25) is 14.4 Å². The SMILES string of the molecule is CC(=O)C1CCC2(C)CCC3C(=CC(=O)C4C3(C)CCC3C(C)(C)C(C=O)CCC34C)C2C1.COC(C)OC(C)C.O=CO. The van der Waals surface area contributed by atoms with Crippen LogP contribution in [0.2, 0.25) is 0 Å². The van der Waals surface area contributed by atoms with E-state index < -0.39 is 0 Å². The zero-order chi connectivity index (χ0) is 33.3. The Morgan fingerprint density at radius 1 is 0.932 bits per heavy atom. The third-order valence-corrected chi connectivity index (χ3v) is 13.1. The van der Waals surface area contributed by atoms with Crippen LogP contribution in [0.25, 0.3) is 0 Å². The van der Waals surface area contributed by atoms with Crippen LogP contribution in [0.3, 0.4) is 0 Å². The number of hydrogen-bond donors (Lipinski definition) is 1. The van der Waals surface area contributed by atoms with Gasteiger partial charge in [-0.15, -0.1) is 0 Å². The van der Waals surface area contributed by atoms with Crippen molar-refractivity contribution >= 4 is 24.3 Å². The van der Waals surface area contributed by atoms with Crippen molar-refractivity contribution in [1.29, 1.82) is 0 Å². The highest BCUT2D eigenvalue weighted by molar-refractivity contribution is 5.95. The van der Waals surface area contributed by atoms with E-state index in [9.17, 15) is 14.4 Å². The lowest BCUT2D eigenvalue weighted by Gasteiger charge is -2.67. The van der Waals surface area contributed by atoms with Gasteiger partial charge >= 0.3 is 0 Å². The van der Waals surface area contributed by atoms with Crippen LogP contribution in [0.1, 0.15) is 120 Å². The predicted molar refractivity (Wildman–Crippen MR) is 172 cm³/mol. The molecule has 0 aromatic rings. The molecule has 250 valence electrons. The monoisotopic (exact) mass is 616 g/mol. The Morgan fingerprint density at radius 2 is 1.52 bits per heavy atom. The molecule has 0 radical (unpaired) electrons. The maximum atomic E-state index is 14.1. The van der Waals surface area contributed by atoms with E-state index in [1.807, 2.05) is 20.8 Å². The number of carbonyl (C=O) groups is 4. The number of rotatable bonds is 5. The fraction of sp³-hybridized carbons (Fsp3) is 0.838. The second kappa shape index (κ2) is 13.9. The van der Waals surface area contributed by atoms with Gasteiger partial charge < -0.3 is 19.4 Å². The molecule has 4 fully saturated rings. The Labute approximate surface area is 266 Å². The van der Waals surface area contributed by atoms with Crippen molar-refractivity contribution in [2.75, 3.05) is 7.11 Å². The van der Waals surface area contributed by atoms with Crippen molar-refractivity contribution < 1.29 is 33.8 Å². The topological polar surface area (TPSA) is 107 Å². The van der Waals surface area contributed by atoms with Gasteiger partial charge in [-0.05, 0) is 131 Å². The first kappa shape index (κ1) is 36.6. The maximum absolute atomic E-state index is 14.1. The molecule has 0 heterocycles. The lowest BCUT2D eigenvalue weighted by Crippen LogP contribution is -2.63. The van der Waals surface area contributed by atoms with E-state index in [0.29, 0.717) is 29.3 Å². The fourth-order valence-corrected chi connectivity index (χ4v) is 10.8. The van der Waals surface area contributed by atoms with Gasteiger partial charge in [0.2, 0.25) is 0 Å². The Hall–Kier alpha value is -1.86. The molecule has 5 aliphatic rings. The molecule has 0 bridgehead atoms. The molecule has 10 atom stereocenters. The maximum Gasteiger partial charge on any atom is 0.290 e. The van der Waals surface area contributed by atoms with E-state index in [-0.39, 0.29) is 58.3 Å². The average Bonchev–Trinajstić information content (AvgIpc) is 2.92. The summed E-state index contributed by atoms with van der Waals surface area (Å²) < 4.78 is 10.0. The fourth-order valence-electron chi connectivity index (χ4n) is 10.8. The Balaban J connectivity index is 0.000000415. The number of carboxylic acid groups (broad SMARTS) is 1. The predicted octanol–water partition coefficient (Wildman–Crippen LogP) is 7.70. The highest BCUT2D eigenvalue weighted by Crippen LogP contribution is 2.71. The van der Waals surface area contributed by atoms with Crippen LogP contribution in [-0.4, -0.2) is 48.9 Å². The van der Waals surface area contributed by atoms with Crippen LogP contribution in [0.5, 0.6) is 0 Å². The molecular weight excluding hydrogens is 556 g/mol. The van der Waals surface area contributed by atoms with Crippen LogP contribution in [-0.2, 0) is 28.7 Å². The number of allylic oxidation sites excluding steroid dienone is 2. The number of ketones is 2. The Morgan fingerprint density at radius 3 is 2.05 bits per heavy atom. The highest BCUT2D eigenvalue weighted by Gasteiger charge is 2.66. The van der Waals surface area contributed by atoms with Crippen molar-refractivity contribution in [2.45, 2.75) is 132 Å². The first-order valence-corrected chi connectivity index (χ1v) is 16.9. The van der Waals surface area contributed by atoms with E-state index in [1.165, 1.54) is 24.7 Å². The minimum absolute atomic E-state index is 0.00100. The van der Waals surface area contributed by atoms with E-state index in [1.54, 1.807) is 14.0 Å². The van der Waals surface area contributed by atoms with Crippen molar-refractivity contribution in [3.8, 4) is 0 Å². The summed E-state index contributed by atoms with van der Waals surface area (Å²) in [5, 5.41) is 6.89. The molecule has 7 heteroatoms. The summed E-state index contributed by atoms with van der Waals surface area (Å²) in [7, 11) is 1.63. The number of ether oxygens (including phenoxy) is 2. The Bertz CT molecular complexity index is 1090. The van der Waals surface area contributed by atoms with Crippen molar-refractivity contribution in [1.82, 2.24) is 0 Å². The number of aldehydes is 1. The number of carbonyl (C=O) groups excluding carboxylic acids is 3. The van der Waals surface area contributed by atoms with Crippen LogP contribution in [0.4, 0.5) is 0 Å². The average molecular weight is 617 g/mol. The first-order chi connectivity index (χ1) is 20.5. The lowest BCUT2D eigenvalue weighted by molar-refractivity contribution is -0.177. The van der Waals surface area contributed by atoms with Gasteiger partial charge in [0.05, 0.1) is 6.10 Å². The molecule has 0 spiro atoms. The van der Waals surface area contributed by atoms with E-state index in [2.05, 4.69) is 40.7 Å². The molecular formula is C37H60O7. The third kappa shape index (κ3) is 6.65. The summed E-state index contributed by atoms with van der Waals surface area (Å²) in [5.41, 5.74) is 1.55. The minimum atomic E-state index is -0.250. The van der Waals surface area contributed by atoms with Crippen LogP contribution in [0.15, 0.2) is 11.6 Å². The van der Waals surface area contributed by atoms with Gasteiger partial charge in [-0.2, -0.15) is 0 Å². The molecule has 5 aliphatic carbocycles. The molecule has 44 heavy (non-hydrogen) atoms. The summed E-state index contributed by atoms with van der Waals surface area (Å²) >= 11 is 0. The Kier molecular flexibility index (Phi) is 11.5. The van der Waals surface area contributed by atoms with E-state index >= 15 is 0 Å². The third-order valence-electron chi connectivity index (χ3n) is 13.1. The quantitative estimate of drug-likeness (QED) is 0.249. The first-order valence-electron chi connectivity index (χ1n) is 16.9. The van der Waals surface area contributed by atoms with Gasteiger partial charge in [0, 0.05) is 24.9 Å². The van der Waals surface area contributed by atoms with Crippen LogP contribution >= 0.6 is 0 Å². The van der Waals surface area contributed by atoms with Crippen molar-refractivity contribution in [3.05, 3.63) is 11.6 Å². The van der Waals surface area contributed by atoms with Gasteiger partial charge in [-0.25, -0.2) is 0 Å². The van der Waals surface area contributed by atoms with Gasteiger partial charge in [0.1, 0.15) is 12.1 Å². The molecule has 10 unspecified atom stereocenters. The number of Topliss-reactive ketones (excluding diaryl/α,β-unsaturated/α-hetero) is 1. The normalized spacial score (nSPS) is 41.0. The number of methoxy groups -OCH3 is 1. The molecule has 0 aliphatic heterocycles. The van der Waals surface area contributed by atoms with E-state index in [4.69, 9.17) is 19.4 Å². The smallest absolute Gasteiger partial charge is 0.290 e. The summed E-state index contributed by atoms with van der Waals surface area (Å²) in [6.07, 6.45) is 13.0. The number of fused-ring (bicyclic) bond motifs is 7. The zero-order valence-electron chi connectivity index (χ0n) is 29.1. The second-order valence-electron chi connectivity index (χ2n) is 16.2. The second-order valence-corrected chi connectivity index (χ2v) is 16.2. The lowest BCUT2D eigenvalue weighted by atomic mass is 9.36. The molecule has 7 nitrogen and oxygen atoms in total. The summed E-state index contributed by atoms with van der Waals surface area (Å²) in [6, 6.07) is 0. The van der Waals surface area contributed by atoms with Gasteiger partial charge in [0.15, 0.2) is 12.1 Å². The molecule has 4 saturated carbocycles. The molecule has 0 saturated heterocycles. The van der Waals surface area contributed by atoms with Crippen LogP contribution < -0.4 is 0 Å². The summed E-state index contributed by atoms with van der Waals surface area (Å²) in [5.74, 6) is 2.26. The largest absolute Gasteiger partial charge is 0.483 e. The number of hydrogen-bond acceptors (Lipinski definition) is 6. The molecule has 1 N–H and O–H groups in total. The van der Waals surface area contributed by atoms with Gasteiger partial charge in [-0.1, -0.05) is 40.2 Å². The molecule has 5 rings (SSSR count). The minimum Gasteiger partial charge on any atom is -0.483 e. The zero-order valence-corrected chi connectivity index (χ0v) is 29.1. The van der Waals surface area contributed by atoms with Crippen LogP contribution in [0, 0.1) is 57.2 Å². The van der Waals surface area contributed by atoms with Gasteiger partial charge in [0.25, 0.3) is 6.47 Å².